The van der Waals surface area contributed by atoms with Crippen molar-refractivity contribution < 1.29 is 14.1 Å². The van der Waals surface area contributed by atoms with Gasteiger partial charge in [0.25, 0.3) is 0 Å². The molecule has 0 bridgehead atoms. The molecule has 1 amide bonds. The van der Waals surface area contributed by atoms with Crippen molar-refractivity contribution in [2.24, 2.45) is 5.92 Å². The van der Waals surface area contributed by atoms with E-state index in [1.54, 1.807) is 18.2 Å². The van der Waals surface area contributed by atoms with Gasteiger partial charge in [0.15, 0.2) is 0 Å². The normalized spacial score (nSPS) is 18.7. The summed E-state index contributed by atoms with van der Waals surface area (Å²) in [5.41, 5.74) is 0.690. The van der Waals surface area contributed by atoms with E-state index in [9.17, 15) is 4.79 Å². The molecule has 0 aliphatic carbocycles. The Balaban J connectivity index is 1.17. The van der Waals surface area contributed by atoms with E-state index in [1.807, 2.05) is 0 Å². The van der Waals surface area contributed by atoms with Gasteiger partial charge in [-0.05, 0) is 57.1 Å². The maximum atomic E-state index is 12.5. The summed E-state index contributed by atoms with van der Waals surface area (Å²) in [7, 11) is 0. The number of hydrogen-bond donors (Lipinski definition) is 1. The fraction of sp³-hybridized carbons (Fsp3) is 0.591. The Hall–Kier alpha value is -1.71. The lowest BCUT2D eigenvalue weighted by Crippen LogP contribution is -2.41. The highest BCUT2D eigenvalue weighted by molar-refractivity contribution is 6.36. The van der Waals surface area contributed by atoms with Gasteiger partial charge in [-0.25, -0.2) is 0 Å². The molecule has 32 heavy (non-hydrogen) atoms. The molecule has 2 saturated heterocycles. The number of nitrogens with zero attached hydrogens (tertiary/aromatic N) is 4. The highest BCUT2D eigenvalue weighted by Crippen LogP contribution is 2.28. The van der Waals surface area contributed by atoms with Gasteiger partial charge in [-0.15, -0.1) is 0 Å². The van der Waals surface area contributed by atoms with Crippen LogP contribution in [0.25, 0.3) is 11.4 Å². The fourth-order valence-corrected chi connectivity index (χ4v) is 4.62. The molecule has 0 saturated carbocycles. The highest BCUT2D eigenvalue weighted by Gasteiger charge is 2.26. The first-order valence-electron chi connectivity index (χ1n) is 11.2. The molecule has 8 nitrogen and oxygen atoms in total. The van der Waals surface area contributed by atoms with Crippen molar-refractivity contribution >= 4 is 29.1 Å². The SMILES string of the molecule is O=C(NCCCN1CCOCC1)C1CCN(Cc2nc(-c3ccc(Cl)cc3Cl)no2)CC1. The van der Waals surface area contributed by atoms with E-state index in [-0.39, 0.29) is 11.8 Å². The van der Waals surface area contributed by atoms with E-state index in [0.717, 1.165) is 71.7 Å². The molecule has 3 heterocycles. The third kappa shape index (κ3) is 6.42. The molecule has 174 valence electrons. The maximum Gasteiger partial charge on any atom is 0.241 e. The molecule has 2 fully saturated rings. The minimum absolute atomic E-state index is 0.0701. The van der Waals surface area contributed by atoms with Gasteiger partial charge < -0.3 is 14.6 Å². The molecule has 2 aliphatic rings. The van der Waals surface area contributed by atoms with Crippen molar-refractivity contribution in [1.29, 1.82) is 0 Å². The molecule has 0 atom stereocenters. The molecule has 4 rings (SSSR count). The average Bonchev–Trinajstić information content (AvgIpc) is 3.26. The van der Waals surface area contributed by atoms with Crippen LogP contribution in [0.1, 0.15) is 25.2 Å². The Kier molecular flexibility index (Phi) is 8.37. The van der Waals surface area contributed by atoms with E-state index in [1.165, 1.54) is 0 Å². The number of aromatic nitrogens is 2. The quantitative estimate of drug-likeness (QED) is 0.579. The summed E-state index contributed by atoms with van der Waals surface area (Å²) >= 11 is 12.2. The second kappa shape index (κ2) is 11.4. The van der Waals surface area contributed by atoms with Crippen molar-refractivity contribution in [3.63, 3.8) is 0 Å². The van der Waals surface area contributed by atoms with Gasteiger partial charge in [0.05, 0.1) is 24.8 Å². The number of hydrogen-bond acceptors (Lipinski definition) is 7. The van der Waals surface area contributed by atoms with Gasteiger partial charge in [-0.2, -0.15) is 4.98 Å². The predicted octanol–water partition coefficient (Wildman–Crippen LogP) is 3.09. The molecule has 1 aromatic carbocycles. The van der Waals surface area contributed by atoms with Crippen LogP contribution in [0.2, 0.25) is 10.0 Å². The largest absolute Gasteiger partial charge is 0.379 e. The standard InChI is InChI=1S/C22H29Cl2N5O3/c23-17-2-3-18(19(24)14-17)21-26-20(32-27-21)15-29-8-4-16(5-9-29)22(30)25-6-1-7-28-10-12-31-13-11-28/h2-3,14,16H,1,4-13,15H2,(H,25,30). The van der Waals surface area contributed by atoms with Crippen LogP contribution in [0.4, 0.5) is 0 Å². The zero-order chi connectivity index (χ0) is 22.3. The van der Waals surface area contributed by atoms with Gasteiger partial charge in [0.2, 0.25) is 17.6 Å². The predicted molar refractivity (Wildman–Crippen MR) is 123 cm³/mol. The molecular weight excluding hydrogens is 453 g/mol. The second-order valence-electron chi connectivity index (χ2n) is 8.28. The molecule has 1 N–H and O–H groups in total. The number of piperidine rings is 1. The Labute approximate surface area is 198 Å². The molecule has 2 aliphatic heterocycles. The number of carbonyl (C=O) groups excluding carboxylic acids is 1. The number of likely N-dealkylation sites (tertiary alicyclic amines) is 1. The lowest BCUT2D eigenvalue weighted by Gasteiger charge is -2.30. The van der Waals surface area contributed by atoms with Crippen LogP contribution in [-0.2, 0) is 16.1 Å². The lowest BCUT2D eigenvalue weighted by atomic mass is 9.96. The zero-order valence-corrected chi connectivity index (χ0v) is 19.6. The van der Waals surface area contributed by atoms with Crippen molar-refractivity contribution in [3.05, 3.63) is 34.1 Å². The minimum Gasteiger partial charge on any atom is -0.379 e. The first-order chi connectivity index (χ1) is 15.6. The Bertz CT molecular complexity index is 895. The molecular formula is C22H29Cl2N5O3. The van der Waals surface area contributed by atoms with Crippen LogP contribution in [0, 0.1) is 5.92 Å². The van der Waals surface area contributed by atoms with Crippen LogP contribution in [-0.4, -0.2) is 78.3 Å². The van der Waals surface area contributed by atoms with Crippen LogP contribution in [0.15, 0.2) is 22.7 Å². The molecule has 2 aromatic rings. The van der Waals surface area contributed by atoms with Crippen molar-refractivity contribution in [1.82, 2.24) is 25.3 Å². The molecule has 0 unspecified atom stereocenters. The number of amides is 1. The van der Waals surface area contributed by atoms with Gasteiger partial charge in [-0.3, -0.25) is 14.6 Å². The maximum absolute atomic E-state index is 12.5. The third-order valence-electron chi connectivity index (χ3n) is 6.01. The third-order valence-corrected chi connectivity index (χ3v) is 6.56. The van der Waals surface area contributed by atoms with E-state index in [2.05, 4.69) is 25.3 Å². The molecule has 1 aromatic heterocycles. The number of benzene rings is 1. The van der Waals surface area contributed by atoms with Crippen LogP contribution in [0.3, 0.4) is 0 Å². The number of morpholine rings is 1. The average molecular weight is 482 g/mol. The van der Waals surface area contributed by atoms with Crippen LogP contribution in [0.5, 0.6) is 0 Å². The van der Waals surface area contributed by atoms with E-state index in [4.69, 9.17) is 32.5 Å². The van der Waals surface area contributed by atoms with E-state index in [0.29, 0.717) is 33.9 Å². The minimum atomic E-state index is 0.0701. The Morgan fingerprint density at radius 1 is 1.12 bits per heavy atom. The summed E-state index contributed by atoms with van der Waals surface area (Å²) in [4.78, 5) is 21.6. The fourth-order valence-electron chi connectivity index (χ4n) is 4.13. The van der Waals surface area contributed by atoms with E-state index >= 15 is 0 Å². The Morgan fingerprint density at radius 2 is 1.91 bits per heavy atom. The number of halogens is 2. The van der Waals surface area contributed by atoms with E-state index < -0.39 is 0 Å². The van der Waals surface area contributed by atoms with Crippen LogP contribution >= 0.6 is 23.2 Å². The number of carbonyl (C=O) groups is 1. The number of rotatable bonds is 8. The van der Waals surface area contributed by atoms with Gasteiger partial charge in [0, 0.05) is 36.1 Å². The lowest BCUT2D eigenvalue weighted by molar-refractivity contribution is -0.126. The highest BCUT2D eigenvalue weighted by atomic mass is 35.5. The molecule has 0 radical (unpaired) electrons. The summed E-state index contributed by atoms with van der Waals surface area (Å²) < 4.78 is 10.8. The van der Waals surface area contributed by atoms with Crippen molar-refractivity contribution in [3.8, 4) is 11.4 Å². The summed E-state index contributed by atoms with van der Waals surface area (Å²) in [6.45, 7) is 7.54. The summed E-state index contributed by atoms with van der Waals surface area (Å²) in [5.74, 6) is 1.23. The van der Waals surface area contributed by atoms with Gasteiger partial charge >= 0.3 is 0 Å². The first kappa shape index (κ1) is 23.4. The van der Waals surface area contributed by atoms with Crippen molar-refractivity contribution in [2.45, 2.75) is 25.8 Å². The first-order valence-corrected chi connectivity index (χ1v) is 11.9. The molecule has 10 heteroatoms. The zero-order valence-electron chi connectivity index (χ0n) is 18.1. The van der Waals surface area contributed by atoms with Gasteiger partial charge in [-0.1, -0.05) is 28.4 Å². The van der Waals surface area contributed by atoms with Gasteiger partial charge in [0.1, 0.15) is 0 Å². The Morgan fingerprint density at radius 3 is 2.66 bits per heavy atom. The number of nitrogens with one attached hydrogen (secondary N) is 1. The summed E-state index contributed by atoms with van der Waals surface area (Å²) in [6.07, 6.45) is 2.64. The molecule has 0 spiro atoms. The smallest absolute Gasteiger partial charge is 0.241 e. The van der Waals surface area contributed by atoms with Crippen molar-refractivity contribution in [2.75, 3.05) is 52.5 Å². The summed E-state index contributed by atoms with van der Waals surface area (Å²) in [6, 6.07) is 5.19. The topological polar surface area (TPSA) is 83.7 Å². The van der Waals surface area contributed by atoms with Crippen LogP contribution < -0.4 is 5.32 Å². The monoisotopic (exact) mass is 481 g/mol. The number of ether oxygens (including phenoxy) is 1. The second-order valence-corrected chi connectivity index (χ2v) is 9.13. The summed E-state index contributed by atoms with van der Waals surface area (Å²) in [5, 5.41) is 8.20.